The fraction of sp³-hybridized carbons (Fsp3) is 0.111. The van der Waals surface area contributed by atoms with Gasteiger partial charge in [0, 0.05) is 5.56 Å². The Bertz CT molecular complexity index is 1120. The van der Waals surface area contributed by atoms with Gasteiger partial charge in [-0.25, -0.2) is 19.2 Å². The van der Waals surface area contributed by atoms with Crippen molar-refractivity contribution >= 4 is 23.9 Å². The van der Waals surface area contributed by atoms with Crippen molar-refractivity contribution in [2.75, 3.05) is 0 Å². The fourth-order valence-electron chi connectivity index (χ4n) is 2.93. The molecule has 0 aliphatic carbocycles. The van der Waals surface area contributed by atoms with Crippen LogP contribution >= 0.6 is 0 Å². The summed E-state index contributed by atoms with van der Waals surface area (Å²) >= 11 is 0. The summed E-state index contributed by atoms with van der Waals surface area (Å²) in [5.74, 6) is -10.3. The zero-order valence-electron chi connectivity index (χ0n) is 15.0. The van der Waals surface area contributed by atoms with Crippen LogP contribution in [-0.2, 0) is 10.9 Å². The van der Waals surface area contributed by atoms with Gasteiger partial charge in [-0.05, 0) is 5.56 Å². The number of ether oxygens (including phenoxy) is 1. The molecule has 0 bridgehead atoms. The molecule has 32 heavy (non-hydrogen) atoms. The number of hydrogen-bond donors (Lipinski definition) is 3. The molecule has 0 aliphatic rings. The van der Waals surface area contributed by atoms with Crippen molar-refractivity contribution in [1.29, 1.82) is 0 Å². The van der Waals surface area contributed by atoms with Gasteiger partial charge in [-0.2, -0.15) is 13.2 Å². The lowest BCUT2D eigenvalue weighted by Gasteiger charge is -2.23. The molecule has 2 rings (SSSR count). The first-order valence-corrected chi connectivity index (χ1v) is 7.94. The molecule has 0 saturated heterocycles. The number of alkyl halides is 6. The minimum Gasteiger partial charge on any atom is -0.478 e. The molecule has 2 aromatic carbocycles. The van der Waals surface area contributed by atoms with Crippen LogP contribution in [-0.4, -0.2) is 45.6 Å². The average molecular weight is 466 g/mol. The second kappa shape index (κ2) is 8.20. The lowest BCUT2D eigenvalue weighted by atomic mass is 9.83. The standard InChI is InChI=1S/C18H8F6O8/c19-17(20,21)12-7(6-4-2-1-3-5-6)8(13(25)26)9(14(27)28)10(15(29)30)11(12)16(31)32-18(22,23)24/h1-5H,(H,25,26)(H,27,28)(H,29,30). The van der Waals surface area contributed by atoms with E-state index >= 15 is 0 Å². The summed E-state index contributed by atoms with van der Waals surface area (Å²) in [6.07, 6.45) is -11.7. The predicted molar refractivity (Wildman–Crippen MR) is 89.2 cm³/mol. The first-order valence-electron chi connectivity index (χ1n) is 7.94. The number of rotatable bonds is 5. The number of carbonyl (C=O) groups excluding carboxylic acids is 1. The number of carboxylic acid groups (broad SMARTS) is 3. The van der Waals surface area contributed by atoms with Crippen molar-refractivity contribution in [3.8, 4) is 11.1 Å². The van der Waals surface area contributed by atoms with E-state index in [2.05, 4.69) is 4.74 Å². The topological polar surface area (TPSA) is 138 Å². The Balaban J connectivity index is 3.31. The Morgan fingerprint density at radius 3 is 1.50 bits per heavy atom. The van der Waals surface area contributed by atoms with Crippen molar-refractivity contribution in [1.82, 2.24) is 0 Å². The highest BCUT2D eigenvalue weighted by Crippen LogP contribution is 2.45. The van der Waals surface area contributed by atoms with Gasteiger partial charge in [-0.1, -0.05) is 30.3 Å². The number of benzene rings is 2. The van der Waals surface area contributed by atoms with Gasteiger partial charge in [-0.3, -0.25) is 0 Å². The Hall–Kier alpha value is -4.10. The highest BCUT2D eigenvalue weighted by atomic mass is 19.4. The van der Waals surface area contributed by atoms with Gasteiger partial charge in [0.15, 0.2) is 0 Å². The Morgan fingerprint density at radius 1 is 0.688 bits per heavy atom. The molecule has 0 radical (unpaired) electrons. The normalized spacial score (nSPS) is 11.7. The first kappa shape index (κ1) is 24.2. The SMILES string of the molecule is O=C(O)c1c(C(=O)O)c(C(=O)OC(F)(F)F)c(C(F)(F)F)c(-c2ccccc2)c1C(=O)O. The molecule has 0 aromatic heterocycles. The van der Waals surface area contributed by atoms with Gasteiger partial charge in [0.25, 0.3) is 0 Å². The second-order valence-electron chi connectivity index (χ2n) is 5.86. The first-order chi connectivity index (χ1) is 14.6. The zero-order valence-corrected chi connectivity index (χ0v) is 15.0. The van der Waals surface area contributed by atoms with Gasteiger partial charge in [0.05, 0.1) is 27.8 Å². The van der Waals surface area contributed by atoms with E-state index in [0.717, 1.165) is 24.3 Å². The summed E-state index contributed by atoms with van der Waals surface area (Å²) in [6, 6.07) is 5.13. The van der Waals surface area contributed by atoms with Crippen LogP contribution in [0.5, 0.6) is 0 Å². The van der Waals surface area contributed by atoms with Crippen LogP contribution in [0.2, 0.25) is 0 Å². The number of esters is 1. The molecule has 0 heterocycles. The molecule has 3 N–H and O–H groups in total. The molecule has 2 aromatic rings. The predicted octanol–water partition coefficient (Wildman–Crippen LogP) is 4.14. The highest BCUT2D eigenvalue weighted by Gasteiger charge is 2.48. The van der Waals surface area contributed by atoms with Crippen molar-refractivity contribution in [3.05, 3.63) is 58.1 Å². The molecule has 0 fully saturated rings. The van der Waals surface area contributed by atoms with Crippen molar-refractivity contribution in [2.24, 2.45) is 0 Å². The second-order valence-corrected chi connectivity index (χ2v) is 5.86. The van der Waals surface area contributed by atoms with Crippen LogP contribution in [0.1, 0.15) is 47.0 Å². The third-order valence-electron chi connectivity index (χ3n) is 3.90. The molecule has 0 amide bonds. The number of hydrogen-bond acceptors (Lipinski definition) is 5. The number of aromatic carboxylic acids is 3. The molecule has 170 valence electrons. The maximum atomic E-state index is 14.0. The van der Waals surface area contributed by atoms with Crippen LogP contribution in [0.25, 0.3) is 11.1 Å². The Labute approximate surface area is 172 Å². The van der Waals surface area contributed by atoms with Gasteiger partial charge in [0.2, 0.25) is 0 Å². The van der Waals surface area contributed by atoms with Gasteiger partial charge in [-0.15, -0.1) is 13.2 Å². The zero-order chi connectivity index (χ0) is 24.6. The molecule has 0 atom stereocenters. The third kappa shape index (κ3) is 4.63. The number of carbonyl (C=O) groups is 4. The van der Waals surface area contributed by atoms with Crippen LogP contribution in [0.15, 0.2) is 30.3 Å². The van der Waals surface area contributed by atoms with Gasteiger partial charge < -0.3 is 20.1 Å². The van der Waals surface area contributed by atoms with E-state index in [4.69, 9.17) is 0 Å². The summed E-state index contributed by atoms with van der Waals surface area (Å²) in [4.78, 5) is 47.1. The average Bonchev–Trinajstić information content (AvgIpc) is 2.63. The summed E-state index contributed by atoms with van der Waals surface area (Å²) < 4.78 is 82.6. The lowest BCUT2D eigenvalue weighted by molar-refractivity contribution is -0.292. The molecule has 0 saturated carbocycles. The Morgan fingerprint density at radius 2 is 1.12 bits per heavy atom. The van der Waals surface area contributed by atoms with Crippen LogP contribution in [0.4, 0.5) is 26.3 Å². The van der Waals surface area contributed by atoms with Crippen molar-refractivity contribution in [2.45, 2.75) is 12.5 Å². The van der Waals surface area contributed by atoms with Crippen LogP contribution < -0.4 is 0 Å². The van der Waals surface area contributed by atoms with E-state index < -0.39 is 75.4 Å². The van der Waals surface area contributed by atoms with E-state index in [1.165, 1.54) is 6.07 Å². The summed E-state index contributed by atoms with van der Waals surface area (Å²) in [7, 11) is 0. The Kier molecular flexibility index (Phi) is 6.20. The smallest absolute Gasteiger partial charge is 0.478 e. The van der Waals surface area contributed by atoms with E-state index in [-0.39, 0.29) is 0 Å². The summed E-state index contributed by atoms with van der Waals surface area (Å²) in [5, 5.41) is 28.1. The largest absolute Gasteiger partial charge is 0.575 e. The van der Waals surface area contributed by atoms with E-state index in [1.807, 2.05) is 0 Å². The number of halogens is 6. The van der Waals surface area contributed by atoms with Gasteiger partial charge in [0.1, 0.15) is 0 Å². The number of carboxylic acids is 3. The third-order valence-corrected chi connectivity index (χ3v) is 3.90. The fourth-order valence-corrected chi connectivity index (χ4v) is 2.93. The molecule has 14 heteroatoms. The molecule has 0 unspecified atom stereocenters. The van der Waals surface area contributed by atoms with E-state index in [0.29, 0.717) is 0 Å². The van der Waals surface area contributed by atoms with Crippen molar-refractivity contribution < 1.29 is 65.6 Å². The van der Waals surface area contributed by atoms with Crippen LogP contribution in [0.3, 0.4) is 0 Å². The maximum Gasteiger partial charge on any atom is 0.575 e. The van der Waals surface area contributed by atoms with E-state index in [1.54, 1.807) is 0 Å². The summed E-state index contributed by atoms with van der Waals surface area (Å²) in [5.41, 5.74) is -12.6. The van der Waals surface area contributed by atoms with E-state index in [9.17, 15) is 60.8 Å². The van der Waals surface area contributed by atoms with Crippen molar-refractivity contribution in [3.63, 3.8) is 0 Å². The molecular formula is C18H8F6O8. The maximum absolute atomic E-state index is 14.0. The quantitative estimate of drug-likeness (QED) is 0.442. The monoisotopic (exact) mass is 466 g/mol. The molecule has 0 aliphatic heterocycles. The lowest BCUT2D eigenvalue weighted by Crippen LogP contribution is -2.29. The van der Waals surface area contributed by atoms with Crippen LogP contribution in [0, 0.1) is 0 Å². The minimum atomic E-state index is -5.88. The molecule has 0 spiro atoms. The minimum absolute atomic E-state index is 0.669. The molecule has 8 nitrogen and oxygen atoms in total. The summed E-state index contributed by atoms with van der Waals surface area (Å²) in [6.45, 7) is 0. The highest BCUT2D eigenvalue weighted by molar-refractivity contribution is 6.18. The molecular weight excluding hydrogens is 458 g/mol. The van der Waals surface area contributed by atoms with Gasteiger partial charge >= 0.3 is 36.4 Å².